The summed E-state index contributed by atoms with van der Waals surface area (Å²) < 4.78 is 34.5. The lowest BCUT2D eigenvalue weighted by Gasteiger charge is -2.33. The second-order valence-electron chi connectivity index (χ2n) is 6.48. The summed E-state index contributed by atoms with van der Waals surface area (Å²) >= 11 is 1.61. The number of rotatable bonds is 2. The molecular weight excluding hydrogens is 378 g/mol. The summed E-state index contributed by atoms with van der Waals surface area (Å²) in [5.74, 6) is 0.278. The summed E-state index contributed by atoms with van der Waals surface area (Å²) in [5.41, 5.74) is 8.57. The standard InChI is InChI=1S/C22H16F2N2OS/c23-18-7-3-1-5-13(18)9-14-11-28-12-17-20(15-6-2-4-8-19(15)24)16(10-25)22(26)27-21(14)17/h1-9,20H,11-12,26H2. The van der Waals surface area contributed by atoms with Gasteiger partial charge in [0.1, 0.15) is 29.0 Å². The molecule has 140 valence electrons. The normalized spacial score (nSPS) is 20.6. The first-order valence-corrected chi connectivity index (χ1v) is 9.84. The molecule has 2 heterocycles. The Bertz CT molecular complexity index is 1080. The number of allylic oxidation sites excluding steroid dienone is 2. The summed E-state index contributed by atoms with van der Waals surface area (Å²) in [6.45, 7) is 0. The van der Waals surface area contributed by atoms with Gasteiger partial charge in [0.05, 0.1) is 5.92 Å². The molecule has 4 rings (SSSR count). The number of nitrogens with zero attached hydrogens (tertiary/aromatic N) is 1. The fourth-order valence-corrected chi connectivity index (χ4v) is 4.55. The van der Waals surface area contributed by atoms with E-state index in [2.05, 4.69) is 6.07 Å². The van der Waals surface area contributed by atoms with Crippen molar-refractivity contribution in [2.75, 3.05) is 11.5 Å². The quantitative estimate of drug-likeness (QED) is 0.791. The maximum atomic E-state index is 14.6. The van der Waals surface area contributed by atoms with Gasteiger partial charge in [-0.3, -0.25) is 0 Å². The molecule has 0 aromatic heterocycles. The first kappa shape index (κ1) is 18.3. The van der Waals surface area contributed by atoms with E-state index in [1.54, 1.807) is 54.2 Å². The molecule has 3 nitrogen and oxygen atoms in total. The van der Waals surface area contributed by atoms with Gasteiger partial charge in [0, 0.05) is 28.2 Å². The molecule has 0 aliphatic carbocycles. The van der Waals surface area contributed by atoms with Crippen molar-refractivity contribution in [3.8, 4) is 6.07 Å². The first-order chi connectivity index (χ1) is 13.6. The first-order valence-electron chi connectivity index (χ1n) is 8.68. The van der Waals surface area contributed by atoms with Crippen LogP contribution in [-0.4, -0.2) is 11.5 Å². The highest BCUT2D eigenvalue weighted by atomic mass is 32.2. The highest BCUT2D eigenvalue weighted by Gasteiger charge is 2.37. The minimum atomic E-state index is -0.619. The van der Waals surface area contributed by atoms with Crippen molar-refractivity contribution in [3.05, 3.63) is 99.7 Å². The van der Waals surface area contributed by atoms with Crippen LogP contribution in [0, 0.1) is 23.0 Å². The number of nitrogens with two attached hydrogens (primary N) is 1. The lowest BCUT2D eigenvalue weighted by Crippen LogP contribution is -2.26. The van der Waals surface area contributed by atoms with Crippen molar-refractivity contribution < 1.29 is 13.5 Å². The van der Waals surface area contributed by atoms with Gasteiger partial charge in [-0.25, -0.2) is 8.78 Å². The minimum absolute atomic E-state index is 0.0409. The van der Waals surface area contributed by atoms with E-state index < -0.39 is 11.7 Å². The summed E-state index contributed by atoms with van der Waals surface area (Å²) in [4.78, 5) is 0. The Kier molecular flexibility index (Phi) is 4.93. The second kappa shape index (κ2) is 7.53. The van der Waals surface area contributed by atoms with Gasteiger partial charge in [-0.1, -0.05) is 36.4 Å². The molecule has 28 heavy (non-hydrogen) atoms. The van der Waals surface area contributed by atoms with Gasteiger partial charge in [-0.2, -0.15) is 17.0 Å². The Morgan fingerprint density at radius 1 is 1.07 bits per heavy atom. The molecule has 2 N–H and O–H groups in total. The average molecular weight is 394 g/mol. The Labute approximate surface area is 165 Å². The molecular formula is C22H16F2N2OS. The summed E-state index contributed by atoms with van der Waals surface area (Å²) in [7, 11) is 0. The third kappa shape index (κ3) is 3.19. The smallest absolute Gasteiger partial charge is 0.205 e. The molecule has 2 aliphatic heterocycles. The number of thioether (sulfide) groups is 1. The van der Waals surface area contributed by atoms with E-state index in [-0.39, 0.29) is 17.3 Å². The van der Waals surface area contributed by atoms with Crippen LogP contribution in [0.3, 0.4) is 0 Å². The predicted molar refractivity (Wildman–Crippen MR) is 106 cm³/mol. The van der Waals surface area contributed by atoms with Crippen molar-refractivity contribution in [2.45, 2.75) is 5.92 Å². The lowest BCUT2D eigenvalue weighted by molar-refractivity contribution is 0.287. The van der Waals surface area contributed by atoms with Crippen molar-refractivity contribution >= 4 is 17.8 Å². The summed E-state index contributed by atoms with van der Waals surface area (Å²) in [6.07, 6.45) is 1.72. The minimum Gasteiger partial charge on any atom is -0.440 e. The van der Waals surface area contributed by atoms with Crippen molar-refractivity contribution in [1.29, 1.82) is 5.26 Å². The molecule has 1 unspecified atom stereocenters. The summed E-state index contributed by atoms with van der Waals surface area (Å²) in [5, 5.41) is 9.63. The summed E-state index contributed by atoms with van der Waals surface area (Å²) in [6, 6.07) is 14.9. The van der Waals surface area contributed by atoms with E-state index in [9.17, 15) is 14.0 Å². The van der Waals surface area contributed by atoms with E-state index in [1.165, 1.54) is 12.1 Å². The number of ether oxygens (including phenoxy) is 1. The number of halogens is 2. The van der Waals surface area contributed by atoms with Crippen LogP contribution in [0.1, 0.15) is 17.0 Å². The Balaban J connectivity index is 1.88. The van der Waals surface area contributed by atoms with Crippen LogP contribution in [0.5, 0.6) is 0 Å². The highest BCUT2D eigenvalue weighted by molar-refractivity contribution is 7.99. The molecule has 0 spiro atoms. The van der Waals surface area contributed by atoms with Crippen molar-refractivity contribution in [3.63, 3.8) is 0 Å². The van der Waals surface area contributed by atoms with Gasteiger partial charge >= 0.3 is 0 Å². The Morgan fingerprint density at radius 3 is 2.50 bits per heavy atom. The van der Waals surface area contributed by atoms with Crippen molar-refractivity contribution in [2.24, 2.45) is 5.73 Å². The Hall–Kier alpha value is -3.04. The largest absolute Gasteiger partial charge is 0.440 e. The van der Waals surface area contributed by atoms with Crippen LogP contribution in [0.2, 0.25) is 0 Å². The van der Waals surface area contributed by atoms with Crippen LogP contribution in [0.25, 0.3) is 6.08 Å². The van der Waals surface area contributed by atoms with Gasteiger partial charge in [0.2, 0.25) is 5.88 Å². The SMILES string of the molecule is N#CC1=C(N)OC2=C(CSCC2=Cc2ccccc2F)C1c1ccccc1F. The highest BCUT2D eigenvalue weighted by Crippen LogP contribution is 2.46. The van der Waals surface area contributed by atoms with Crippen LogP contribution >= 0.6 is 11.8 Å². The molecule has 0 saturated heterocycles. The van der Waals surface area contributed by atoms with E-state index in [0.717, 1.165) is 11.1 Å². The zero-order chi connectivity index (χ0) is 19.7. The number of hydrogen-bond acceptors (Lipinski definition) is 4. The molecule has 0 fully saturated rings. The van der Waals surface area contributed by atoms with E-state index >= 15 is 0 Å². The van der Waals surface area contributed by atoms with Gasteiger partial charge in [-0.15, -0.1) is 0 Å². The maximum absolute atomic E-state index is 14.6. The number of benzene rings is 2. The Morgan fingerprint density at radius 2 is 1.79 bits per heavy atom. The average Bonchev–Trinajstić information content (AvgIpc) is 2.70. The van der Waals surface area contributed by atoms with E-state index in [0.29, 0.717) is 28.4 Å². The number of nitriles is 1. The second-order valence-corrected chi connectivity index (χ2v) is 7.47. The fraction of sp³-hybridized carbons (Fsp3) is 0.136. The molecule has 0 radical (unpaired) electrons. The topological polar surface area (TPSA) is 59.0 Å². The zero-order valence-corrected chi connectivity index (χ0v) is 15.6. The molecule has 2 aliphatic rings. The molecule has 0 amide bonds. The van der Waals surface area contributed by atoms with Crippen LogP contribution < -0.4 is 5.73 Å². The van der Waals surface area contributed by atoms with Crippen molar-refractivity contribution in [1.82, 2.24) is 0 Å². The van der Waals surface area contributed by atoms with Crippen LogP contribution in [0.15, 0.2) is 76.9 Å². The van der Waals surface area contributed by atoms with Crippen LogP contribution in [-0.2, 0) is 4.74 Å². The molecule has 6 heteroatoms. The number of hydrogen-bond donors (Lipinski definition) is 1. The molecule has 2 aromatic carbocycles. The maximum Gasteiger partial charge on any atom is 0.205 e. The lowest BCUT2D eigenvalue weighted by atomic mass is 9.82. The van der Waals surface area contributed by atoms with E-state index in [4.69, 9.17) is 10.5 Å². The van der Waals surface area contributed by atoms with Gasteiger partial charge in [0.15, 0.2) is 0 Å². The molecule has 0 bridgehead atoms. The fourth-order valence-electron chi connectivity index (χ4n) is 3.49. The van der Waals surface area contributed by atoms with Gasteiger partial charge in [-0.05, 0) is 23.8 Å². The van der Waals surface area contributed by atoms with E-state index in [1.807, 2.05) is 0 Å². The third-order valence-corrected chi connectivity index (χ3v) is 5.81. The van der Waals surface area contributed by atoms with Gasteiger partial charge < -0.3 is 10.5 Å². The molecule has 1 atom stereocenters. The molecule has 2 aromatic rings. The monoisotopic (exact) mass is 394 g/mol. The molecule has 0 saturated carbocycles. The van der Waals surface area contributed by atoms with Crippen LogP contribution in [0.4, 0.5) is 8.78 Å². The zero-order valence-electron chi connectivity index (χ0n) is 14.8. The van der Waals surface area contributed by atoms with Gasteiger partial charge in [0.25, 0.3) is 0 Å². The third-order valence-electron chi connectivity index (χ3n) is 4.78. The predicted octanol–water partition coefficient (Wildman–Crippen LogP) is 4.86.